The summed E-state index contributed by atoms with van der Waals surface area (Å²) in [5, 5.41) is 0.449. The van der Waals surface area contributed by atoms with Crippen LogP contribution in [0.3, 0.4) is 0 Å². The molecule has 31 heavy (non-hydrogen) atoms. The Labute approximate surface area is 187 Å². The summed E-state index contributed by atoms with van der Waals surface area (Å²) < 4.78 is 12.2. The molecule has 0 saturated heterocycles. The molecule has 0 N–H and O–H groups in total. The van der Waals surface area contributed by atoms with Gasteiger partial charge in [-0.15, -0.1) is 0 Å². The van der Waals surface area contributed by atoms with Crippen LogP contribution < -0.4 is 5.43 Å². The fraction of sp³-hybridized carbons (Fsp3) is 0.200. The zero-order valence-corrected chi connectivity index (χ0v) is 18.7. The van der Waals surface area contributed by atoms with Gasteiger partial charge in [0.1, 0.15) is 11.3 Å². The van der Waals surface area contributed by atoms with Crippen LogP contribution in [0.25, 0.3) is 11.0 Å². The summed E-state index contributed by atoms with van der Waals surface area (Å²) in [6, 6.07) is 16.4. The van der Waals surface area contributed by atoms with Crippen LogP contribution in [0.2, 0.25) is 0 Å². The van der Waals surface area contributed by atoms with Crippen LogP contribution in [0.15, 0.2) is 79.0 Å². The van der Waals surface area contributed by atoms with Gasteiger partial charge >= 0.3 is 0 Å². The van der Waals surface area contributed by atoms with Gasteiger partial charge in [-0.3, -0.25) is 9.59 Å². The molecule has 1 aliphatic rings. The smallest absolute Gasteiger partial charge is 0.291 e. The molecular weight excluding hydrogens is 458 g/mol. The van der Waals surface area contributed by atoms with E-state index in [-0.39, 0.29) is 23.6 Å². The summed E-state index contributed by atoms with van der Waals surface area (Å²) in [4.78, 5) is 28.6. The zero-order chi connectivity index (χ0) is 21.7. The number of carbonyl (C=O) groups is 1. The highest BCUT2D eigenvalue weighted by atomic mass is 79.9. The van der Waals surface area contributed by atoms with Crippen LogP contribution in [0, 0.1) is 0 Å². The Morgan fingerprint density at radius 1 is 1.06 bits per heavy atom. The van der Waals surface area contributed by atoms with E-state index >= 15 is 0 Å². The summed E-state index contributed by atoms with van der Waals surface area (Å²) >= 11 is 3.42. The van der Waals surface area contributed by atoms with Gasteiger partial charge in [-0.1, -0.05) is 54.0 Å². The van der Waals surface area contributed by atoms with Crippen molar-refractivity contribution in [1.82, 2.24) is 4.90 Å². The van der Waals surface area contributed by atoms with Gasteiger partial charge < -0.3 is 13.7 Å². The second-order valence-corrected chi connectivity index (χ2v) is 8.97. The van der Waals surface area contributed by atoms with Gasteiger partial charge in [-0.2, -0.15) is 0 Å². The van der Waals surface area contributed by atoms with Crippen molar-refractivity contribution in [3.8, 4) is 0 Å². The molecule has 156 valence electrons. The average Bonchev–Trinajstić information content (AvgIpc) is 3.36. The van der Waals surface area contributed by atoms with Gasteiger partial charge in [-0.25, -0.2) is 0 Å². The highest BCUT2D eigenvalue weighted by molar-refractivity contribution is 9.10. The highest BCUT2D eigenvalue weighted by Gasteiger charge is 2.43. The molecule has 4 aromatic rings. The fourth-order valence-corrected chi connectivity index (χ4v) is 4.50. The van der Waals surface area contributed by atoms with Crippen molar-refractivity contribution in [2.75, 3.05) is 0 Å². The Hall–Kier alpha value is -3.12. The lowest BCUT2D eigenvalue weighted by molar-refractivity contribution is 0.0701. The first kappa shape index (κ1) is 19.8. The van der Waals surface area contributed by atoms with Gasteiger partial charge in [0.2, 0.25) is 5.76 Å². The molecule has 1 aliphatic heterocycles. The number of fused-ring (bicyclic) bond motifs is 2. The Morgan fingerprint density at radius 3 is 2.52 bits per heavy atom. The third-order valence-electron chi connectivity index (χ3n) is 5.75. The van der Waals surface area contributed by atoms with Crippen molar-refractivity contribution in [3.05, 3.63) is 104 Å². The van der Waals surface area contributed by atoms with E-state index in [1.807, 2.05) is 30.3 Å². The monoisotopic (exact) mass is 477 g/mol. The van der Waals surface area contributed by atoms with Crippen LogP contribution >= 0.6 is 15.9 Å². The van der Waals surface area contributed by atoms with E-state index in [4.69, 9.17) is 8.83 Å². The largest absolute Gasteiger partial charge is 0.467 e. The molecule has 2 aromatic heterocycles. The lowest BCUT2D eigenvalue weighted by atomic mass is 9.95. The number of nitrogens with zero attached hydrogens (tertiary/aromatic N) is 1. The first-order valence-electron chi connectivity index (χ1n) is 10.1. The molecule has 0 radical (unpaired) electrons. The van der Waals surface area contributed by atoms with Gasteiger partial charge in [0.25, 0.3) is 5.91 Å². The molecule has 0 spiro atoms. The van der Waals surface area contributed by atoms with Crippen LogP contribution in [0.5, 0.6) is 0 Å². The third kappa shape index (κ3) is 3.31. The minimum Gasteiger partial charge on any atom is -0.467 e. The number of hydrogen-bond donors (Lipinski definition) is 0. The van der Waals surface area contributed by atoms with Crippen LogP contribution in [-0.2, 0) is 6.54 Å². The quantitative estimate of drug-likeness (QED) is 0.360. The molecule has 5 rings (SSSR count). The Kier molecular flexibility index (Phi) is 4.82. The first-order valence-corrected chi connectivity index (χ1v) is 10.9. The Balaban J connectivity index is 1.72. The van der Waals surface area contributed by atoms with E-state index < -0.39 is 6.04 Å². The molecule has 1 amide bonds. The van der Waals surface area contributed by atoms with Crippen LogP contribution in [0.1, 0.15) is 58.8 Å². The SMILES string of the molecule is CC(C)c1ccc([C@@H]2c3c(oc4ccc(Br)cc4c3=O)C(=O)N2Cc2ccco2)cc1. The molecule has 0 saturated carbocycles. The van der Waals surface area contributed by atoms with Gasteiger partial charge in [0, 0.05) is 4.47 Å². The van der Waals surface area contributed by atoms with Crippen molar-refractivity contribution in [1.29, 1.82) is 0 Å². The van der Waals surface area contributed by atoms with E-state index in [0.717, 1.165) is 10.0 Å². The summed E-state index contributed by atoms with van der Waals surface area (Å²) in [5.74, 6) is 0.817. The molecule has 5 nitrogen and oxygen atoms in total. The standard InChI is InChI=1S/C25H20BrNO4/c1-14(2)15-5-7-16(8-6-15)22-21-23(28)19-12-17(26)9-10-20(19)31-24(21)25(29)27(22)13-18-4-3-11-30-18/h3-12,14,22H,13H2,1-2H3/t22-/m1/s1. The molecule has 3 heterocycles. The lowest BCUT2D eigenvalue weighted by Crippen LogP contribution is -2.29. The second kappa shape index (κ2) is 7.54. The minimum atomic E-state index is -0.548. The first-order chi connectivity index (χ1) is 14.9. The lowest BCUT2D eigenvalue weighted by Gasteiger charge is -2.24. The van der Waals surface area contributed by atoms with E-state index in [9.17, 15) is 9.59 Å². The number of rotatable bonds is 4. The molecule has 0 aliphatic carbocycles. The summed E-state index contributed by atoms with van der Waals surface area (Å²) in [5.41, 5.74) is 2.64. The Morgan fingerprint density at radius 2 is 1.84 bits per heavy atom. The average molecular weight is 478 g/mol. The summed E-state index contributed by atoms with van der Waals surface area (Å²) in [7, 11) is 0. The normalized spacial score (nSPS) is 15.8. The maximum absolute atomic E-state index is 13.5. The minimum absolute atomic E-state index is 0.101. The van der Waals surface area contributed by atoms with Gasteiger partial charge in [-0.05, 0) is 47.4 Å². The molecule has 0 fully saturated rings. The van der Waals surface area contributed by atoms with Crippen molar-refractivity contribution >= 4 is 32.8 Å². The number of amides is 1. The predicted molar refractivity (Wildman–Crippen MR) is 121 cm³/mol. The maximum atomic E-state index is 13.5. The fourth-order valence-electron chi connectivity index (χ4n) is 4.14. The molecular formula is C25H20BrNO4. The third-order valence-corrected chi connectivity index (χ3v) is 6.25. The van der Waals surface area contributed by atoms with Crippen molar-refractivity contribution < 1.29 is 13.6 Å². The van der Waals surface area contributed by atoms with Crippen LogP contribution in [0.4, 0.5) is 0 Å². The number of halogens is 1. The van der Waals surface area contributed by atoms with Crippen molar-refractivity contribution in [2.45, 2.75) is 32.4 Å². The topological polar surface area (TPSA) is 63.7 Å². The number of hydrogen-bond acceptors (Lipinski definition) is 4. The summed E-state index contributed by atoms with van der Waals surface area (Å²) in [6.07, 6.45) is 1.57. The zero-order valence-electron chi connectivity index (χ0n) is 17.1. The van der Waals surface area contributed by atoms with E-state index in [2.05, 4.69) is 29.8 Å². The molecule has 0 unspecified atom stereocenters. The van der Waals surface area contributed by atoms with E-state index in [1.165, 1.54) is 5.56 Å². The van der Waals surface area contributed by atoms with Crippen molar-refractivity contribution in [3.63, 3.8) is 0 Å². The number of furan rings is 1. The van der Waals surface area contributed by atoms with Gasteiger partial charge in [0.05, 0.1) is 29.8 Å². The van der Waals surface area contributed by atoms with E-state index in [1.54, 1.807) is 35.4 Å². The molecule has 2 aromatic carbocycles. The van der Waals surface area contributed by atoms with Crippen LogP contribution in [-0.4, -0.2) is 10.8 Å². The molecule has 6 heteroatoms. The predicted octanol–water partition coefficient (Wildman–Crippen LogP) is 6.02. The van der Waals surface area contributed by atoms with Gasteiger partial charge in [0.15, 0.2) is 5.43 Å². The molecule has 0 bridgehead atoms. The second-order valence-electron chi connectivity index (χ2n) is 8.05. The van der Waals surface area contributed by atoms with E-state index in [0.29, 0.717) is 28.2 Å². The number of carbonyl (C=O) groups excluding carboxylic acids is 1. The molecule has 1 atom stereocenters. The summed E-state index contributed by atoms with van der Waals surface area (Å²) in [6.45, 7) is 4.50. The Bertz CT molecular complexity index is 1340. The number of benzene rings is 2. The van der Waals surface area contributed by atoms with Crippen molar-refractivity contribution in [2.24, 2.45) is 0 Å². The highest BCUT2D eigenvalue weighted by Crippen LogP contribution is 2.39. The maximum Gasteiger partial charge on any atom is 0.291 e.